The van der Waals surface area contributed by atoms with Crippen LogP contribution >= 0.6 is 0 Å². The standard InChI is InChI=1S/C17H20N2O5/c18-17(16(23)24)7-10(12-13(14(12)17)15(21)22)6-11(20)19-8-9-4-2-1-3-5-9/h1-5,10,12-14H,6-8,18H2,(H,19,20)(H,21,22)(H,23,24). The first-order valence-electron chi connectivity index (χ1n) is 7.90. The molecule has 2 fully saturated rings. The zero-order valence-electron chi connectivity index (χ0n) is 13.0. The number of carbonyl (C=O) groups is 3. The van der Waals surface area contributed by atoms with Crippen molar-refractivity contribution in [2.45, 2.75) is 24.9 Å². The van der Waals surface area contributed by atoms with Crippen molar-refractivity contribution < 1.29 is 24.6 Å². The summed E-state index contributed by atoms with van der Waals surface area (Å²) in [6.45, 7) is 0.384. The van der Waals surface area contributed by atoms with Gasteiger partial charge in [-0.05, 0) is 23.8 Å². The molecule has 5 N–H and O–H groups in total. The molecule has 128 valence electrons. The van der Waals surface area contributed by atoms with E-state index in [-0.39, 0.29) is 30.6 Å². The van der Waals surface area contributed by atoms with Crippen LogP contribution in [-0.2, 0) is 20.9 Å². The number of carboxylic acid groups (broad SMARTS) is 2. The Morgan fingerprint density at radius 3 is 2.46 bits per heavy atom. The summed E-state index contributed by atoms with van der Waals surface area (Å²) < 4.78 is 0. The van der Waals surface area contributed by atoms with Gasteiger partial charge in [0.2, 0.25) is 5.91 Å². The Morgan fingerprint density at radius 2 is 1.88 bits per heavy atom. The molecule has 7 heteroatoms. The van der Waals surface area contributed by atoms with E-state index in [1.165, 1.54) is 0 Å². The number of hydrogen-bond donors (Lipinski definition) is 4. The summed E-state index contributed by atoms with van der Waals surface area (Å²) in [6.07, 6.45) is 0.240. The third-order valence-electron chi connectivity index (χ3n) is 5.28. The largest absolute Gasteiger partial charge is 0.481 e. The Bertz CT molecular complexity index is 677. The summed E-state index contributed by atoms with van der Waals surface area (Å²) in [5, 5.41) is 21.4. The van der Waals surface area contributed by atoms with E-state index in [0.717, 1.165) is 5.56 Å². The highest BCUT2D eigenvalue weighted by Gasteiger charge is 2.73. The van der Waals surface area contributed by atoms with E-state index in [9.17, 15) is 24.6 Å². The van der Waals surface area contributed by atoms with Crippen LogP contribution in [0.5, 0.6) is 0 Å². The molecule has 0 heterocycles. The maximum Gasteiger partial charge on any atom is 0.324 e. The fourth-order valence-electron chi connectivity index (χ4n) is 4.15. The number of benzene rings is 1. The van der Waals surface area contributed by atoms with Crippen LogP contribution in [0.4, 0.5) is 0 Å². The molecule has 5 atom stereocenters. The highest BCUT2D eigenvalue weighted by molar-refractivity contribution is 5.86. The molecule has 2 aliphatic carbocycles. The molecule has 2 aliphatic rings. The minimum Gasteiger partial charge on any atom is -0.481 e. The summed E-state index contributed by atoms with van der Waals surface area (Å²) in [5.74, 6) is -4.41. The van der Waals surface area contributed by atoms with Gasteiger partial charge in [0.1, 0.15) is 5.54 Å². The summed E-state index contributed by atoms with van der Waals surface area (Å²) in [5.41, 5.74) is 5.37. The molecular formula is C17H20N2O5. The quantitative estimate of drug-likeness (QED) is 0.598. The topological polar surface area (TPSA) is 130 Å². The number of amides is 1. The van der Waals surface area contributed by atoms with Gasteiger partial charge in [0.05, 0.1) is 5.92 Å². The van der Waals surface area contributed by atoms with Gasteiger partial charge in [-0.1, -0.05) is 30.3 Å². The summed E-state index contributed by atoms with van der Waals surface area (Å²) in [6, 6.07) is 9.42. The lowest BCUT2D eigenvalue weighted by Crippen LogP contribution is -2.50. The van der Waals surface area contributed by atoms with Crippen molar-refractivity contribution in [3.8, 4) is 0 Å². The van der Waals surface area contributed by atoms with Crippen molar-refractivity contribution in [2.24, 2.45) is 29.4 Å². The predicted molar refractivity (Wildman–Crippen MR) is 83.7 cm³/mol. The molecule has 0 aliphatic heterocycles. The van der Waals surface area contributed by atoms with Gasteiger partial charge >= 0.3 is 11.9 Å². The second kappa shape index (κ2) is 5.90. The molecule has 1 aromatic rings. The first kappa shape index (κ1) is 16.4. The minimum atomic E-state index is -1.54. The molecule has 0 radical (unpaired) electrons. The molecule has 7 nitrogen and oxygen atoms in total. The second-order valence-corrected chi connectivity index (χ2v) is 6.74. The van der Waals surface area contributed by atoms with E-state index in [1.807, 2.05) is 30.3 Å². The van der Waals surface area contributed by atoms with E-state index >= 15 is 0 Å². The fourth-order valence-corrected chi connectivity index (χ4v) is 4.15. The van der Waals surface area contributed by atoms with Gasteiger partial charge in [-0.25, -0.2) is 0 Å². The average Bonchev–Trinajstić information content (AvgIpc) is 3.23. The van der Waals surface area contributed by atoms with E-state index in [0.29, 0.717) is 6.54 Å². The number of hydrogen-bond acceptors (Lipinski definition) is 4. The second-order valence-electron chi connectivity index (χ2n) is 6.74. The van der Waals surface area contributed by atoms with Gasteiger partial charge in [0.25, 0.3) is 0 Å². The maximum atomic E-state index is 12.1. The fraction of sp³-hybridized carbons (Fsp3) is 0.471. The molecule has 0 aromatic heterocycles. The lowest BCUT2D eigenvalue weighted by molar-refractivity contribution is -0.146. The van der Waals surface area contributed by atoms with Crippen LogP contribution in [0.1, 0.15) is 18.4 Å². The number of fused-ring (bicyclic) bond motifs is 1. The summed E-state index contributed by atoms with van der Waals surface area (Å²) in [4.78, 5) is 34.9. The third-order valence-corrected chi connectivity index (χ3v) is 5.28. The minimum absolute atomic E-state index is 0.101. The predicted octanol–water partition coefficient (Wildman–Crippen LogP) is 0.442. The van der Waals surface area contributed by atoms with Crippen molar-refractivity contribution in [1.82, 2.24) is 5.32 Å². The van der Waals surface area contributed by atoms with Crippen LogP contribution in [0, 0.1) is 23.7 Å². The monoisotopic (exact) mass is 332 g/mol. The number of rotatable bonds is 6. The first-order chi connectivity index (χ1) is 11.3. The highest BCUT2D eigenvalue weighted by atomic mass is 16.4. The Kier molecular flexibility index (Phi) is 4.04. The Hall–Kier alpha value is -2.41. The van der Waals surface area contributed by atoms with Crippen LogP contribution in [0.25, 0.3) is 0 Å². The zero-order valence-corrected chi connectivity index (χ0v) is 13.0. The first-order valence-corrected chi connectivity index (χ1v) is 7.90. The molecule has 0 spiro atoms. The van der Waals surface area contributed by atoms with Gasteiger partial charge in [0.15, 0.2) is 0 Å². The molecular weight excluding hydrogens is 312 g/mol. The number of carbonyl (C=O) groups excluding carboxylic acids is 1. The Balaban J connectivity index is 1.62. The van der Waals surface area contributed by atoms with Crippen molar-refractivity contribution in [3.63, 3.8) is 0 Å². The molecule has 2 saturated carbocycles. The molecule has 1 aromatic carbocycles. The van der Waals surface area contributed by atoms with E-state index in [4.69, 9.17) is 5.73 Å². The van der Waals surface area contributed by atoms with E-state index in [2.05, 4.69) is 5.32 Å². The molecule has 24 heavy (non-hydrogen) atoms. The van der Waals surface area contributed by atoms with Crippen LogP contribution < -0.4 is 11.1 Å². The van der Waals surface area contributed by atoms with Gasteiger partial charge in [-0.3, -0.25) is 14.4 Å². The van der Waals surface area contributed by atoms with Crippen molar-refractivity contribution in [3.05, 3.63) is 35.9 Å². The van der Waals surface area contributed by atoms with E-state index < -0.39 is 29.3 Å². The van der Waals surface area contributed by atoms with Crippen LogP contribution in [0.3, 0.4) is 0 Å². The Morgan fingerprint density at radius 1 is 1.21 bits per heavy atom. The number of nitrogens with two attached hydrogens (primary N) is 1. The zero-order chi connectivity index (χ0) is 17.5. The SMILES string of the molecule is NC1(C(=O)O)CC(CC(=O)NCc2ccccc2)C2C(C(=O)O)C21. The normalized spacial score (nSPS) is 33.5. The average molecular weight is 332 g/mol. The van der Waals surface area contributed by atoms with Crippen LogP contribution in [0.2, 0.25) is 0 Å². The highest BCUT2D eigenvalue weighted by Crippen LogP contribution is 2.65. The molecule has 1 amide bonds. The number of aliphatic carboxylic acids is 2. The molecule has 3 rings (SSSR count). The van der Waals surface area contributed by atoms with Gasteiger partial charge < -0.3 is 21.3 Å². The van der Waals surface area contributed by atoms with Crippen LogP contribution in [0.15, 0.2) is 30.3 Å². The van der Waals surface area contributed by atoms with E-state index in [1.54, 1.807) is 0 Å². The van der Waals surface area contributed by atoms with Crippen molar-refractivity contribution >= 4 is 17.8 Å². The van der Waals surface area contributed by atoms with Gasteiger partial charge in [-0.15, -0.1) is 0 Å². The third kappa shape index (κ3) is 2.75. The lowest BCUT2D eigenvalue weighted by Gasteiger charge is -2.24. The smallest absolute Gasteiger partial charge is 0.324 e. The maximum absolute atomic E-state index is 12.1. The van der Waals surface area contributed by atoms with Crippen molar-refractivity contribution in [1.29, 1.82) is 0 Å². The van der Waals surface area contributed by atoms with Gasteiger partial charge in [-0.2, -0.15) is 0 Å². The van der Waals surface area contributed by atoms with Crippen molar-refractivity contribution in [2.75, 3.05) is 0 Å². The lowest BCUT2D eigenvalue weighted by atomic mass is 9.86. The summed E-state index contributed by atoms with van der Waals surface area (Å²) in [7, 11) is 0. The van der Waals surface area contributed by atoms with Crippen LogP contribution in [-0.4, -0.2) is 33.6 Å². The van der Waals surface area contributed by atoms with Gasteiger partial charge in [0, 0.05) is 18.9 Å². The Labute approximate surface area is 138 Å². The molecule has 0 saturated heterocycles. The number of carboxylic acids is 2. The number of nitrogens with one attached hydrogen (secondary N) is 1. The molecule has 5 unspecified atom stereocenters. The summed E-state index contributed by atoms with van der Waals surface area (Å²) >= 11 is 0. The molecule has 0 bridgehead atoms.